The zero-order valence-corrected chi connectivity index (χ0v) is 16.0. The topological polar surface area (TPSA) is 40.6 Å². The van der Waals surface area contributed by atoms with Crippen molar-refractivity contribution >= 4 is 11.8 Å². The number of hydrogen-bond acceptors (Lipinski definition) is 3. The van der Waals surface area contributed by atoms with Gasteiger partial charge in [0.15, 0.2) is 0 Å². The summed E-state index contributed by atoms with van der Waals surface area (Å²) in [5, 5.41) is 9.16. The normalized spacial score (nSPS) is 21.0. The molecule has 27 heavy (non-hydrogen) atoms. The van der Waals surface area contributed by atoms with Crippen molar-refractivity contribution in [2.75, 3.05) is 18.0 Å². The zero-order chi connectivity index (χ0) is 19.3. The van der Waals surface area contributed by atoms with Crippen molar-refractivity contribution in [3.8, 4) is 6.07 Å². The Bertz CT molecular complexity index is 838. The first-order valence-corrected chi connectivity index (χ1v) is 9.45. The molecule has 0 unspecified atom stereocenters. The average Bonchev–Trinajstić information content (AvgIpc) is 2.67. The molecule has 0 N–H and O–H groups in total. The molecule has 0 bridgehead atoms. The maximum Gasteiger partial charge on any atom is 0.265 e. The molecule has 0 amide bonds. The quantitative estimate of drug-likeness (QED) is 0.531. The van der Waals surface area contributed by atoms with Gasteiger partial charge in [-0.1, -0.05) is 18.2 Å². The van der Waals surface area contributed by atoms with Crippen LogP contribution in [0.4, 0.5) is 5.69 Å². The summed E-state index contributed by atoms with van der Waals surface area (Å²) in [6, 6.07) is 10.6. The van der Waals surface area contributed by atoms with Gasteiger partial charge in [-0.2, -0.15) is 0 Å². The van der Waals surface area contributed by atoms with Gasteiger partial charge in [-0.15, -0.1) is 0 Å². The van der Waals surface area contributed by atoms with Crippen molar-refractivity contribution in [2.24, 2.45) is 0 Å². The maximum absolute atomic E-state index is 9.16. The minimum Gasteiger partial charge on any atom is -0.488 e. The van der Waals surface area contributed by atoms with Gasteiger partial charge in [0.1, 0.15) is 11.4 Å². The SMILES string of the molecule is [C-]#[N+]/C(C#N)=C1C=C(/C=C/c2ccc(N3CCCCC3)cc2)OC(C)(C)C\1. The van der Waals surface area contributed by atoms with Crippen molar-refractivity contribution in [2.45, 2.75) is 45.1 Å². The fraction of sp³-hybridized carbons (Fsp3) is 0.391. The Hall–Kier alpha value is -2.98. The third-order valence-corrected chi connectivity index (χ3v) is 4.90. The predicted octanol–water partition coefficient (Wildman–Crippen LogP) is 5.47. The molecule has 1 aromatic carbocycles. The summed E-state index contributed by atoms with van der Waals surface area (Å²) in [6.07, 6.45) is 10.2. The van der Waals surface area contributed by atoms with Crippen LogP contribution in [0.3, 0.4) is 0 Å². The molecule has 0 aromatic heterocycles. The maximum atomic E-state index is 9.16. The molecule has 138 valence electrons. The highest BCUT2D eigenvalue weighted by atomic mass is 16.5. The second-order valence-corrected chi connectivity index (χ2v) is 7.66. The molecule has 2 aliphatic heterocycles. The van der Waals surface area contributed by atoms with Crippen LogP contribution >= 0.6 is 0 Å². The van der Waals surface area contributed by atoms with E-state index in [9.17, 15) is 0 Å². The van der Waals surface area contributed by atoms with Gasteiger partial charge in [0.2, 0.25) is 0 Å². The van der Waals surface area contributed by atoms with Crippen LogP contribution in [0, 0.1) is 17.9 Å². The van der Waals surface area contributed by atoms with Crippen LogP contribution in [0.5, 0.6) is 0 Å². The molecule has 3 rings (SSSR count). The molecule has 4 nitrogen and oxygen atoms in total. The molecular formula is C23H25N3O. The molecule has 4 heteroatoms. The number of piperidine rings is 1. The van der Waals surface area contributed by atoms with Gasteiger partial charge in [0, 0.05) is 25.2 Å². The molecule has 1 fully saturated rings. The average molecular weight is 359 g/mol. The third kappa shape index (κ3) is 4.80. The van der Waals surface area contributed by atoms with Crippen LogP contribution in [-0.4, -0.2) is 18.7 Å². The Kier molecular flexibility index (Phi) is 5.67. The van der Waals surface area contributed by atoms with Crippen molar-refractivity contribution < 1.29 is 4.74 Å². The summed E-state index contributed by atoms with van der Waals surface area (Å²) in [6.45, 7) is 13.4. The van der Waals surface area contributed by atoms with Gasteiger partial charge < -0.3 is 9.64 Å². The van der Waals surface area contributed by atoms with Crippen LogP contribution in [-0.2, 0) is 4.74 Å². The molecule has 1 aromatic rings. The predicted molar refractivity (Wildman–Crippen MR) is 109 cm³/mol. The van der Waals surface area contributed by atoms with Crippen molar-refractivity contribution in [1.82, 2.24) is 0 Å². The van der Waals surface area contributed by atoms with E-state index in [0.717, 1.165) is 24.2 Å². The minimum absolute atomic E-state index is 0.142. The fourth-order valence-corrected chi connectivity index (χ4v) is 3.60. The smallest absolute Gasteiger partial charge is 0.265 e. The summed E-state index contributed by atoms with van der Waals surface area (Å²) in [5.41, 5.74) is 2.82. The number of hydrogen-bond donors (Lipinski definition) is 0. The van der Waals surface area contributed by atoms with Crippen LogP contribution in [0.15, 0.2) is 53.4 Å². The molecule has 1 saturated heterocycles. The van der Waals surface area contributed by atoms with Crippen LogP contribution in [0.1, 0.15) is 45.1 Å². The van der Waals surface area contributed by atoms with E-state index in [0.29, 0.717) is 12.2 Å². The Balaban J connectivity index is 1.77. The first-order chi connectivity index (χ1) is 13.0. The van der Waals surface area contributed by atoms with Crippen molar-refractivity contribution in [3.63, 3.8) is 0 Å². The van der Waals surface area contributed by atoms with Gasteiger partial charge >= 0.3 is 0 Å². The van der Waals surface area contributed by atoms with E-state index in [2.05, 4.69) is 34.0 Å². The molecular weight excluding hydrogens is 334 g/mol. The first kappa shape index (κ1) is 18.8. The summed E-state index contributed by atoms with van der Waals surface area (Å²) >= 11 is 0. The molecule has 0 radical (unpaired) electrons. The summed E-state index contributed by atoms with van der Waals surface area (Å²) in [7, 11) is 0. The lowest BCUT2D eigenvalue weighted by Crippen LogP contribution is -2.29. The highest BCUT2D eigenvalue weighted by Crippen LogP contribution is 2.33. The summed E-state index contributed by atoms with van der Waals surface area (Å²) in [5.74, 6) is 0.678. The molecule has 2 aliphatic rings. The Morgan fingerprint density at radius 1 is 1.19 bits per heavy atom. The van der Waals surface area contributed by atoms with E-state index in [4.69, 9.17) is 16.6 Å². The number of anilines is 1. The lowest BCUT2D eigenvalue weighted by molar-refractivity contribution is 0.0356. The lowest BCUT2D eigenvalue weighted by Gasteiger charge is -2.32. The van der Waals surface area contributed by atoms with E-state index in [1.807, 2.05) is 32.1 Å². The molecule has 0 atom stereocenters. The highest BCUT2D eigenvalue weighted by Gasteiger charge is 2.27. The zero-order valence-electron chi connectivity index (χ0n) is 16.0. The van der Waals surface area contributed by atoms with Gasteiger partial charge in [0.25, 0.3) is 5.70 Å². The summed E-state index contributed by atoms with van der Waals surface area (Å²) < 4.78 is 6.00. The number of allylic oxidation sites excluding steroid dienone is 3. The van der Waals surface area contributed by atoms with Gasteiger partial charge in [0.05, 0.1) is 12.6 Å². The molecule has 2 heterocycles. The Morgan fingerprint density at radius 2 is 1.89 bits per heavy atom. The first-order valence-electron chi connectivity index (χ1n) is 9.45. The number of nitriles is 1. The molecule has 0 saturated carbocycles. The fourth-order valence-electron chi connectivity index (χ4n) is 3.60. The second kappa shape index (κ2) is 8.14. The van der Waals surface area contributed by atoms with Gasteiger partial charge in [-0.3, -0.25) is 0 Å². The molecule has 0 aliphatic carbocycles. The van der Waals surface area contributed by atoms with E-state index in [1.54, 1.807) is 6.08 Å². The second-order valence-electron chi connectivity index (χ2n) is 7.66. The number of rotatable bonds is 3. The van der Waals surface area contributed by atoms with Crippen LogP contribution in [0.25, 0.3) is 10.9 Å². The van der Waals surface area contributed by atoms with E-state index < -0.39 is 5.60 Å². The van der Waals surface area contributed by atoms with Gasteiger partial charge in [-0.25, -0.2) is 10.1 Å². The minimum atomic E-state index is -0.436. The lowest BCUT2D eigenvalue weighted by atomic mass is 9.93. The Labute approximate surface area is 161 Å². The van der Waals surface area contributed by atoms with E-state index >= 15 is 0 Å². The monoisotopic (exact) mass is 359 g/mol. The van der Waals surface area contributed by atoms with Crippen LogP contribution < -0.4 is 4.90 Å². The highest BCUT2D eigenvalue weighted by molar-refractivity contribution is 5.58. The number of benzene rings is 1. The van der Waals surface area contributed by atoms with E-state index in [1.165, 1.54) is 24.9 Å². The standard InChI is InChI=1S/C23H25N3O/c1-23(2)16-19(22(17-24)25-3)15-21(27-23)12-9-18-7-10-20(11-8-18)26-13-5-4-6-14-26/h7-12,15H,4-6,13-14,16H2,1-2H3/b12-9+,22-19+. The van der Waals surface area contributed by atoms with Crippen LogP contribution in [0.2, 0.25) is 0 Å². The van der Waals surface area contributed by atoms with Crippen molar-refractivity contribution in [1.29, 1.82) is 5.26 Å². The third-order valence-electron chi connectivity index (χ3n) is 4.90. The number of ether oxygens (including phenoxy) is 1. The van der Waals surface area contributed by atoms with Crippen molar-refractivity contribution in [3.05, 3.63) is 70.4 Å². The number of nitrogens with zero attached hydrogens (tertiary/aromatic N) is 3. The molecule has 0 spiro atoms. The van der Waals surface area contributed by atoms with E-state index in [-0.39, 0.29) is 5.70 Å². The largest absolute Gasteiger partial charge is 0.488 e. The van der Waals surface area contributed by atoms with Gasteiger partial charge in [-0.05, 0) is 68.5 Å². The Morgan fingerprint density at radius 3 is 2.52 bits per heavy atom. The summed E-state index contributed by atoms with van der Waals surface area (Å²) in [4.78, 5) is 5.78.